The van der Waals surface area contributed by atoms with Crippen LogP contribution in [0, 0.1) is 10.1 Å². The van der Waals surface area contributed by atoms with Gasteiger partial charge in [-0.2, -0.15) is 0 Å². The molecule has 0 spiro atoms. The second-order valence-corrected chi connectivity index (χ2v) is 5.88. The summed E-state index contributed by atoms with van der Waals surface area (Å²) in [6.07, 6.45) is 1.96. The van der Waals surface area contributed by atoms with E-state index in [9.17, 15) is 19.7 Å². The quantitative estimate of drug-likeness (QED) is 0.480. The molecule has 0 bridgehead atoms. The number of hydrogen-bond acceptors (Lipinski definition) is 5. The summed E-state index contributed by atoms with van der Waals surface area (Å²) in [6.45, 7) is 3.23. The minimum absolute atomic E-state index is 0.0628. The molecule has 2 aromatic rings. The number of hydrogen-bond donors (Lipinski definition) is 1. The summed E-state index contributed by atoms with van der Waals surface area (Å²) in [5, 5.41) is 13.6. The predicted molar refractivity (Wildman–Crippen MR) is 99.9 cm³/mol. The minimum atomic E-state index is -0.495. The summed E-state index contributed by atoms with van der Waals surface area (Å²) in [6, 6.07) is 11.2. The third kappa shape index (κ3) is 3.95. The number of para-hydroxylation sites is 2. The first kappa shape index (κ1) is 18.1. The SMILES string of the molecule is C=CCc1cc([N+](=O)[O-])ccc1OCC(=O)N1CC(=O)Nc2ccccc21. The molecule has 0 radical (unpaired) electrons. The lowest BCUT2D eigenvalue weighted by Crippen LogP contribution is -2.44. The molecular formula is C19H17N3O5. The van der Waals surface area contributed by atoms with Crippen LogP contribution in [0.1, 0.15) is 5.56 Å². The van der Waals surface area contributed by atoms with Crippen LogP contribution in [0.4, 0.5) is 17.1 Å². The molecule has 1 aliphatic heterocycles. The molecule has 1 heterocycles. The van der Waals surface area contributed by atoms with Crippen LogP contribution in [0.3, 0.4) is 0 Å². The molecule has 0 fully saturated rings. The maximum atomic E-state index is 12.6. The van der Waals surface area contributed by atoms with Crippen molar-refractivity contribution in [3.05, 3.63) is 70.8 Å². The van der Waals surface area contributed by atoms with Crippen LogP contribution in [0.25, 0.3) is 0 Å². The number of rotatable bonds is 6. The first-order chi connectivity index (χ1) is 13.0. The number of allylic oxidation sites excluding steroid dienone is 1. The highest BCUT2D eigenvalue weighted by Gasteiger charge is 2.27. The second-order valence-electron chi connectivity index (χ2n) is 5.88. The topological polar surface area (TPSA) is 102 Å². The van der Waals surface area contributed by atoms with Gasteiger partial charge in [0.1, 0.15) is 12.3 Å². The van der Waals surface area contributed by atoms with Gasteiger partial charge in [0.25, 0.3) is 11.6 Å². The van der Waals surface area contributed by atoms with Crippen LogP contribution < -0.4 is 15.0 Å². The molecule has 0 saturated carbocycles. The Balaban J connectivity index is 1.77. The van der Waals surface area contributed by atoms with E-state index >= 15 is 0 Å². The van der Waals surface area contributed by atoms with Crippen molar-refractivity contribution in [1.82, 2.24) is 0 Å². The zero-order chi connectivity index (χ0) is 19.4. The molecule has 0 saturated heterocycles. The van der Waals surface area contributed by atoms with Crippen LogP contribution in [-0.2, 0) is 16.0 Å². The van der Waals surface area contributed by atoms with Crippen molar-refractivity contribution >= 4 is 28.9 Å². The zero-order valence-electron chi connectivity index (χ0n) is 14.4. The Labute approximate surface area is 155 Å². The molecule has 0 atom stereocenters. The van der Waals surface area contributed by atoms with Crippen molar-refractivity contribution in [2.24, 2.45) is 0 Å². The van der Waals surface area contributed by atoms with Gasteiger partial charge in [0.05, 0.1) is 16.3 Å². The fraction of sp³-hybridized carbons (Fsp3) is 0.158. The number of non-ortho nitro benzene ring substituents is 1. The number of nitrogens with zero attached hydrogens (tertiary/aromatic N) is 2. The van der Waals surface area contributed by atoms with E-state index in [4.69, 9.17) is 4.74 Å². The lowest BCUT2D eigenvalue weighted by atomic mass is 10.1. The van der Waals surface area contributed by atoms with E-state index in [1.807, 2.05) is 0 Å². The van der Waals surface area contributed by atoms with E-state index in [1.54, 1.807) is 30.3 Å². The Bertz CT molecular complexity index is 925. The summed E-state index contributed by atoms with van der Waals surface area (Å²) >= 11 is 0. The van der Waals surface area contributed by atoms with Crippen molar-refractivity contribution in [1.29, 1.82) is 0 Å². The van der Waals surface area contributed by atoms with Crippen LogP contribution in [0.5, 0.6) is 5.75 Å². The van der Waals surface area contributed by atoms with Gasteiger partial charge in [-0.05, 0) is 24.6 Å². The average Bonchev–Trinajstić information content (AvgIpc) is 2.66. The van der Waals surface area contributed by atoms with Crippen molar-refractivity contribution in [2.45, 2.75) is 6.42 Å². The highest BCUT2D eigenvalue weighted by Crippen LogP contribution is 2.29. The fourth-order valence-electron chi connectivity index (χ4n) is 2.81. The Morgan fingerprint density at radius 1 is 1.33 bits per heavy atom. The van der Waals surface area contributed by atoms with E-state index in [0.29, 0.717) is 29.1 Å². The lowest BCUT2D eigenvalue weighted by Gasteiger charge is -2.29. The molecule has 138 valence electrons. The molecule has 8 heteroatoms. The van der Waals surface area contributed by atoms with Crippen LogP contribution in [-0.4, -0.2) is 29.9 Å². The van der Waals surface area contributed by atoms with Gasteiger partial charge >= 0.3 is 0 Å². The summed E-state index contributed by atoms with van der Waals surface area (Å²) in [7, 11) is 0. The molecular weight excluding hydrogens is 350 g/mol. The zero-order valence-corrected chi connectivity index (χ0v) is 14.4. The molecule has 0 aromatic heterocycles. The molecule has 0 unspecified atom stereocenters. The molecule has 2 amide bonds. The van der Waals surface area contributed by atoms with E-state index in [2.05, 4.69) is 11.9 Å². The average molecular weight is 367 g/mol. The van der Waals surface area contributed by atoms with Gasteiger partial charge in [-0.25, -0.2) is 0 Å². The highest BCUT2D eigenvalue weighted by atomic mass is 16.6. The third-order valence-electron chi connectivity index (χ3n) is 4.04. The maximum Gasteiger partial charge on any atom is 0.269 e. The number of fused-ring (bicyclic) bond motifs is 1. The van der Waals surface area contributed by atoms with Gasteiger partial charge in [-0.15, -0.1) is 6.58 Å². The monoisotopic (exact) mass is 367 g/mol. The number of anilines is 2. The Morgan fingerprint density at radius 2 is 2.11 bits per heavy atom. The minimum Gasteiger partial charge on any atom is -0.483 e. The molecule has 1 aliphatic rings. The standard InChI is InChI=1S/C19H17N3O5/c1-2-5-13-10-14(22(25)26)8-9-17(13)27-12-19(24)21-11-18(23)20-15-6-3-4-7-16(15)21/h2-4,6-10H,1,5,11-12H2,(H,20,23). The smallest absolute Gasteiger partial charge is 0.269 e. The summed E-state index contributed by atoms with van der Waals surface area (Å²) in [5.41, 5.74) is 1.65. The van der Waals surface area contributed by atoms with Crippen LogP contribution in [0.2, 0.25) is 0 Å². The summed E-state index contributed by atoms with van der Waals surface area (Å²) in [5.74, 6) is -0.312. The van der Waals surface area contributed by atoms with Gasteiger partial charge in [-0.1, -0.05) is 18.2 Å². The number of nitro groups is 1. The van der Waals surface area contributed by atoms with E-state index < -0.39 is 4.92 Å². The summed E-state index contributed by atoms with van der Waals surface area (Å²) < 4.78 is 5.60. The first-order valence-electron chi connectivity index (χ1n) is 8.20. The van der Waals surface area contributed by atoms with Gasteiger partial charge in [-0.3, -0.25) is 24.6 Å². The van der Waals surface area contributed by atoms with Crippen molar-refractivity contribution in [3.63, 3.8) is 0 Å². The molecule has 2 aromatic carbocycles. The molecule has 1 N–H and O–H groups in total. The molecule has 0 aliphatic carbocycles. The number of ether oxygens (including phenoxy) is 1. The van der Waals surface area contributed by atoms with Crippen molar-refractivity contribution < 1.29 is 19.2 Å². The second kappa shape index (κ2) is 7.69. The number of nitrogens with one attached hydrogen (secondary N) is 1. The number of nitro benzene ring substituents is 1. The fourth-order valence-corrected chi connectivity index (χ4v) is 2.81. The highest BCUT2D eigenvalue weighted by molar-refractivity contribution is 6.10. The van der Waals surface area contributed by atoms with E-state index in [-0.39, 0.29) is 30.7 Å². The maximum absolute atomic E-state index is 12.6. The van der Waals surface area contributed by atoms with E-state index in [0.717, 1.165) is 0 Å². The van der Waals surface area contributed by atoms with E-state index in [1.165, 1.54) is 23.1 Å². The number of carbonyl (C=O) groups is 2. The third-order valence-corrected chi connectivity index (χ3v) is 4.04. The largest absolute Gasteiger partial charge is 0.483 e. The number of benzene rings is 2. The lowest BCUT2D eigenvalue weighted by molar-refractivity contribution is -0.384. The normalized spacial score (nSPS) is 12.7. The van der Waals surface area contributed by atoms with Crippen molar-refractivity contribution in [2.75, 3.05) is 23.4 Å². The van der Waals surface area contributed by atoms with Gasteiger partial charge in [0.2, 0.25) is 5.91 Å². The molecule has 8 nitrogen and oxygen atoms in total. The number of carbonyl (C=O) groups excluding carboxylic acids is 2. The molecule has 3 rings (SSSR count). The Morgan fingerprint density at radius 3 is 2.85 bits per heavy atom. The Kier molecular flexibility index (Phi) is 5.16. The summed E-state index contributed by atoms with van der Waals surface area (Å²) in [4.78, 5) is 36.2. The van der Waals surface area contributed by atoms with Gasteiger partial charge < -0.3 is 10.1 Å². The number of amides is 2. The Hall–Kier alpha value is -3.68. The van der Waals surface area contributed by atoms with Crippen LogP contribution in [0.15, 0.2) is 55.1 Å². The van der Waals surface area contributed by atoms with Gasteiger partial charge in [0.15, 0.2) is 6.61 Å². The first-order valence-corrected chi connectivity index (χ1v) is 8.20. The molecule has 27 heavy (non-hydrogen) atoms. The van der Waals surface area contributed by atoms with Crippen molar-refractivity contribution in [3.8, 4) is 5.75 Å². The van der Waals surface area contributed by atoms with Crippen LogP contribution >= 0.6 is 0 Å². The predicted octanol–water partition coefficient (Wildman–Crippen LogP) is 2.69. The van der Waals surface area contributed by atoms with Gasteiger partial charge in [0, 0.05) is 17.7 Å².